The van der Waals surface area contributed by atoms with E-state index < -0.39 is 11.8 Å². The molecule has 0 atom stereocenters. The third kappa shape index (κ3) is 3.45. The Kier molecular flexibility index (Phi) is 5.08. The van der Waals surface area contributed by atoms with E-state index in [0.29, 0.717) is 17.0 Å². The fourth-order valence-corrected chi connectivity index (χ4v) is 3.49. The van der Waals surface area contributed by atoms with Crippen LogP contribution in [0.15, 0.2) is 35.2 Å². The minimum atomic E-state index is -0.484. The minimum absolute atomic E-state index is 0.116. The van der Waals surface area contributed by atoms with Crippen LogP contribution in [-0.2, 0) is 13.6 Å². The van der Waals surface area contributed by atoms with Crippen LogP contribution in [-0.4, -0.2) is 53.0 Å². The second-order valence-electron chi connectivity index (χ2n) is 6.41. The molecular weight excluding hydrogens is 454 g/mol. The molecule has 0 bridgehead atoms. The number of rotatable bonds is 5. The van der Waals surface area contributed by atoms with Crippen LogP contribution >= 0.6 is 15.9 Å². The molecule has 2 amide bonds. The van der Waals surface area contributed by atoms with Gasteiger partial charge in [-0.3, -0.25) is 19.0 Å². The topological polar surface area (TPSA) is 124 Å². The molecular formula is C18H18BrN9O2. The summed E-state index contributed by atoms with van der Waals surface area (Å²) in [5, 5.41) is 18.2. The lowest BCUT2D eigenvalue weighted by Crippen LogP contribution is -2.21. The Hall–Kier alpha value is -3.54. The average Bonchev–Trinajstić information content (AvgIpc) is 3.43. The number of hydrogen-bond acceptors (Lipinski definition) is 6. The number of carbonyl (C=O) groups excluding carboxylic acids is 2. The molecule has 0 saturated carbocycles. The maximum atomic E-state index is 12.8. The quantitative estimate of drug-likeness (QED) is 0.456. The van der Waals surface area contributed by atoms with E-state index in [0.717, 1.165) is 11.0 Å². The van der Waals surface area contributed by atoms with Gasteiger partial charge in [-0.25, -0.2) is 9.50 Å². The van der Waals surface area contributed by atoms with Crippen molar-refractivity contribution in [2.45, 2.75) is 13.5 Å². The van der Waals surface area contributed by atoms with E-state index in [9.17, 15) is 9.59 Å². The lowest BCUT2D eigenvalue weighted by molar-refractivity contribution is 0.0958. The highest BCUT2D eigenvalue weighted by molar-refractivity contribution is 9.10. The van der Waals surface area contributed by atoms with Crippen LogP contribution in [0, 0.1) is 0 Å². The summed E-state index contributed by atoms with van der Waals surface area (Å²) in [6, 6.07) is 3.35. The van der Waals surface area contributed by atoms with E-state index in [4.69, 9.17) is 0 Å². The Morgan fingerprint density at radius 2 is 1.97 bits per heavy atom. The number of amides is 2. The number of aromatic nitrogens is 7. The van der Waals surface area contributed by atoms with Crippen molar-refractivity contribution in [3.63, 3.8) is 0 Å². The maximum Gasteiger partial charge on any atom is 0.276 e. The molecule has 4 rings (SSSR count). The molecule has 12 heteroatoms. The molecule has 0 spiro atoms. The first kappa shape index (κ1) is 19.8. The lowest BCUT2D eigenvalue weighted by Gasteiger charge is -2.03. The van der Waals surface area contributed by atoms with Crippen molar-refractivity contribution in [2.24, 2.45) is 7.05 Å². The highest BCUT2D eigenvalue weighted by Crippen LogP contribution is 2.27. The molecule has 11 nitrogen and oxygen atoms in total. The summed E-state index contributed by atoms with van der Waals surface area (Å²) in [5.41, 5.74) is 2.42. The number of aryl methyl sites for hydroxylation is 2. The van der Waals surface area contributed by atoms with Crippen LogP contribution in [0.25, 0.3) is 17.0 Å². The predicted octanol–water partition coefficient (Wildman–Crippen LogP) is 1.72. The van der Waals surface area contributed by atoms with E-state index in [2.05, 4.69) is 46.8 Å². The Labute approximate surface area is 179 Å². The van der Waals surface area contributed by atoms with E-state index in [1.54, 1.807) is 40.8 Å². The summed E-state index contributed by atoms with van der Waals surface area (Å²) < 4.78 is 5.62. The van der Waals surface area contributed by atoms with Gasteiger partial charge in [-0.15, -0.1) is 0 Å². The van der Waals surface area contributed by atoms with Gasteiger partial charge in [0.1, 0.15) is 5.69 Å². The van der Waals surface area contributed by atoms with Gasteiger partial charge in [0.15, 0.2) is 17.0 Å². The van der Waals surface area contributed by atoms with Gasteiger partial charge in [0.05, 0.1) is 15.9 Å². The fraction of sp³-hybridized carbons (Fsp3) is 0.222. The van der Waals surface area contributed by atoms with Gasteiger partial charge >= 0.3 is 0 Å². The zero-order valence-electron chi connectivity index (χ0n) is 16.4. The van der Waals surface area contributed by atoms with E-state index in [-0.39, 0.29) is 17.1 Å². The summed E-state index contributed by atoms with van der Waals surface area (Å²) in [5.74, 6) is -0.885. The molecule has 0 aliphatic heterocycles. The molecule has 30 heavy (non-hydrogen) atoms. The second kappa shape index (κ2) is 7.71. The largest absolute Gasteiger partial charge is 0.354 e. The molecule has 154 valence electrons. The van der Waals surface area contributed by atoms with E-state index >= 15 is 0 Å². The molecule has 0 fully saturated rings. The number of nitrogens with one attached hydrogen (secondary N) is 2. The van der Waals surface area contributed by atoms with Crippen LogP contribution in [0.2, 0.25) is 0 Å². The number of halogens is 1. The highest BCUT2D eigenvalue weighted by atomic mass is 79.9. The van der Waals surface area contributed by atoms with E-state index in [1.807, 2.05) is 13.1 Å². The van der Waals surface area contributed by atoms with Gasteiger partial charge in [0.25, 0.3) is 11.8 Å². The number of hydrogen-bond donors (Lipinski definition) is 2. The minimum Gasteiger partial charge on any atom is -0.354 e. The number of anilines is 1. The van der Waals surface area contributed by atoms with Gasteiger partial charge in [-0.05, 0) is 28.9 Å². The summed E-state index contributed by atoms with van der Waals surface area (Å²) >= 11 is 3.52. The van der Waals surface area contributed by atoms with Crippen molar-refractivity contribution in [3.05, 3.63) is 46.6 Å². The average molecular weight is 472 g/mol. The molecule has 0 unspecified atom stereocenters. The number of nitrogens with zero attached hydrogens (tertiary/aromatic N) is 7. The number of fused-ring (bicyclic) bond motifs is 1. The van der Waals surface area contributed by atoms with Crippen molar-refractivity contribution in [1.29, 1.82) is 0 Å². The Bertz CT molecular complexity index is 1270. The fourth-order valence-electron chi connectivity index (χ4n) is 2.97. The standard InChI is InChI=1S/C18H18BrN9O2/c1-4-27-8-10(19)15(25-27)13-5-6-21-14-7-11(23-28(13)14)17(29)22-12-9-26(3)24-16(12)18(30)20-2/h5-9H,4H2,1-3H3,(H,20,30)(H,22,29). The van der Waals surface area contributed by atoms with Crippen LogP contribution in [0.5, 0.6) is 0 Å². The molecule has 2 N–H and O–H groups in total. The highest BCUT2D eigenvalue weighted by Gasteiger charge is 2.21. The van der Waals surface area contributed by atoms with Crippen LogP contribution in [0.3, 0.4) is 0 Å². The molecule has 0 saturated heterocycles. The van der Waals surface area contributed by atoms with Gasteiger partial charge in [0, 0.05) is 45.3 Å². The monoisotopic (exact) mass is 471 g/mol. The normalized spacial score (nSPS) is 11.1. The zero-order chi connectivity index (χ0) is 21.4. The number of carbonyl (C=O) groups is 2. The first-order valence-corrected chi connectivity index (χ1v) is 9.85. The smallest absolute Gasteiger partial charge is 0.276 e. The zero-order valence-corrected chi connectivity index (χ0v) is 18.0. The van der Waals surface area contributed by atoms with E-state index in [1.165, 1.54) is 11.7 Å². The van der Waals surface area contributed by atoms with Crippen LogP contribution < -0.4 is 10.6 Å². The summed E-state index contributed by atoms with van der Waals surface area (Å²) in [6.45, 7) is 2.71. The Morgan fingerprint density at radius 3 is 2.67 bits per heavy atom. The second-order valence-corrected chi connectivity index (χ2v) is 7.26. The van der Waals surface area contributed by atoms with Crippen molar-refractivity contribution in [2.75, 3.05) is 12.4 Å². The van der Waals surface area contributed by atoms with Crippen LogP contribution in [0.4, 0.5) is 5.69 Å². The lowest BCUT2D eigenvalue weighted by atomic mass is 10.3. The molecule has 4 aromatic rings. The SMILES string of the molecule is CCn1cc(Br)c(-c2ccnc3cc(C(=O)Nc4cn(C)nc4C(=O)NC)nn23)n1. The predicted molar refractivity (Wildman–Crippen MR) is 112 cm³/mol. The Morgan fingerprint density at radius 1 is 1.17 bits per heavy atom. The van der Waals surface area contributed by atoms with Crippen molar-refractivity contribution < 1.29 is 9.59 Å². The first-order chi connectivity index (χ1) is 14.4. The summed E-state index contributed by atoms with van der Waals surface area (Å²) in [6.07, 6.45) is 5.06. The van der Waals surface area contributed by atoms with Crippen molar-refractivity contribution in [3.8, 4) is 11.4 Å². The van der Waals surface area contributed by atoms with Crippen molar-refractivity contribution in [1.82, 2.24) is 39.5 Å². The van der Waals surface area contributed by atoms with Gasteiger partial charge in [-0.1, -0.05) is 0 Å². The van der Waals surface area contributed by atoms with Gasteiger partial charge in [-0.2, -0.15) is 15.3 Å². The third-order valence-electron chi connectivity index (χ3n) is 4.39. The molecule has 4 heterocycles. The maximum absolute atomic E-state index is 12.8. The van der Waals surface area contributed by atoms with Gasteiger partial charge < -0.3 is 10.6 Å². The molecule has 0 aromatic carbocycles. The third-order valence-corrected chi connectivity index (χ3v) is 4.97. The van der Waals surface area contributed by atoms with Crippen molar-refractivity contribution >= 4 is 39.1 Å². The molecule has 0 aliphatic carbocycles. The molecule has 0 aliphatic rings. The van der Waals surface area contributed by atoms with Crippen LogP contribution in [0.1, 0.15) is 27.9 Å². The van der Waals surface area contributed by atoms with Gasteiger partial charge in [0.2, 0.25) is 0 Å². The molecule has 4 aromatic heterocycles. The summed E-state index contributed by atoms with van der Waals surface area (Å²) in [7, 11) is 3.16. The first-order valence-electron chi connectivity index (χ1n) is 9.06. The summed E-state index contributed by atoms with van der Waals surface area (Å²) in [4.78, 5) is 29.1. The Balaban J connectivity index is 1.70. The molecule has 0 radical (unpaired) electrons.